The zero-order chi connectivity index (χ0) is 13.2. The van der Waals surface area contributed by atoms with Crippen LogP contribution in [0.4, 0.5) is 5.13 Å². The first-order valence-corrected chi connectivity index (χ1v) is 8.26. The molecule has 6 nitrogen and oxygen atoms in total. The molecule has 1 aliphatic heterocycles. The highest BCUT2D eigenvalue weighted by Crippen LogP contribution is 2.23. The van der Waals surface area contributed by atoms with E-state index in [0.29, 0.717) is 18.2 Å². The maximum absolute atomic E-state index is 12.3. The SMILES string of the molecule is Cc1csc(NS(=O)(=O)N2CCCCC2CN)n1. The van der Waals surface area contributed by atoms with Gasteiger partial charge >= 0.3 is 10.2 Å². The smallest absolute Gasteiger partial charge is 0.303 e. The van der Waals surface area contributed by atoms with Crippen LogP contribution in [0.5, 0.6) is 0 Å². The van der Waals surface area contributed by atoms with E-state index in [-0.39, 0.29) is 6.04 Å². The minimum Gasteiger partial charge on any atom is -0.329 e. The van der Waals surface area contributed by atoms with E-state index < -0.39 is 10.2 Å². The molecule has 1 atom stereocenters. The highest BCUT2D eigenvalue weighted by atomic mass is 32.2. The average Bonchev–Trinajstić information content (AvgIpc) is 2.74. The van der Waals surface area contributed by atoms with Gasteiger partial charge in [-0.05, 0) is 19.8 Å². The van der Waals surface area contributed by atoms with Crippen LogP contribution < -0.4 is 10.5 Å². The second-order valence-corrected chi connectivity index (χ2v) is 6.88. The van der Waals surface area contributed by atoms with E-state index in [9.17, 15) is 8.42 Å². The molecule has 1 saturated heterocycles. The summed E-state index contributed by atoms with van der Waals surface area (Å²) in [6.45, 7) is 2.72. The van der Waals surface area contributed by atoms with Gasteiger partial charge in [-0.15, -0.1) is 11.3 Å². The van der Waals surface area contributed by atoms with Crippen LogP contribution in [0.2, 0.25) is 0 Å². The van der Waals surface area contributed by atoms with Crippen LogP contribution in [0.3, 0.4) is 0 Å². The summed E-state index contributed by atoms with van der Waals surface area (Å²) in [6.07, 6.45) is 2.74. The zero-order valence-corrected chi connectivity index (χ0v) is 11.9. The summed E-state index contributed by atoms with van der Waals surface area (Å²) < 4.78 is 28.5. The number of piperidine rings is 1. The van der Waals surface area contributed by atoms with Gasteiger partial charge in [0.1, 0.15) is 0 Å². The molecule has 2 heterocycles. The number of thiazole rings is 1. The van der Waals surface area contributed by atoms with E-state index >= 15 is 0 Å². The quantitative estimate of drug-likeness (QED) is 0.863. The van der Waals surface area contributed by atoms with Gasteiger partial charge in [0.15, 0.2) is 5.13 Å². The lowest BCUT2D eigenvalue weighted by Gasteiger charge is -2.33. The number of hydrogen-bond acceptors (Lipinski definition) is 5. The monoisotopic (exact) mass is 290 g/mol. The Morgan fingerprint density at radius 2 is 2.39 bits per heavy atom. The van der Waals surface area contributed by atoms with E-state index in [1.54, 1.807) is 0 Å². The topological polar surface area (TPSA) is 88.3 Å². The molecule has 2 rings (SSSR count). The van der Waals surface area contributed by atoms with Crippen molar-refractivity contribution in [3.63, 3.8) is 0 Å². The van der Waals surface area contributed by atoms with Gasteiger partial charge in [-0.3, -0.25) is 0 Å². The van der Waals surface area contributed by atoms with Crippen molar-refractivity contribution in [2.75, 3.05) is 17.8 Å². The van der Waals surface area contributed by atoms with Gasteiger partial charge in [0.2, 0.25) is 0 Å². The normalized spacial score (nSPS) is 22.0. The molecule has 0 radical (unpaired) electrons. The fourth-order valence-corrected chi connectivity index (χ4v) is 4.47. The lowest BCUT2D eigenvalue weighted by molar-refractivity contribution is 0.259. The molecule has 1 aromatic rings. The minimum absolute atomic E-state index is 0.0997. The highest BCUT2D eigenvalue weighted by molar-refractivity contribution is 7.90. The molecule has 1 unspecified atom stereocenters. The predicted octanol–water partition coefficient (Wildman–Crippen LogP) is 0.921. The number of nitrogens with zero attached hydrogens (tertiary/aromatic N) is 2. The molecule has 1 aliphatic rings. The summed E-state index contributed by atoms with van der Waals surface area (Å²) >= 11 is 1.29. The Morgan fingerprint density at radius 3 is 3.00 bits per heavy atom. The van der Waals surface area contributed by atoms with E-state index in [1.165, 1.54) is 15.6 Å². The van der Waals surface area contributed by atoms with Crippen LogP contribution in [0, 0.1) is 6.92 Å². The Balaban J connectivity index is 2.14. The summed E-state index contributed by atoms with van der Waals surface area (Å²) in [7, 11) is -3.53. The average molecular weight is 290 g/mol. The van der Waals surface area contributed by atoms with Gasteiger partial charge in [0, 0.05) is 24.5 Å². The van der Waals surface area contributed by atoms with Crippen LogP contribution in [0.25, 0.3) is 0 Å². The highest BCUT2D eigenvalue weighted by Gasteiger charge is 2.31. The van der Waals surface area contributed by atoms with E-state index in [2.05, 4.69) is 9.71 Å². The van der Waals surface area contributed by atoms with Crippen LogP contribution in [0.1, 0.15) is 25.0 Å². The molecule has 3 N–H and O–H groups in total. The van der Waals surface area contributed by atoms with E-state index in [1.807, 2.05) is 12.3 Å². The first-order chi connectivity index (χ1) is 8.53. The Morgan fingerprint density at radius 1 is 1.61 bits per heavy atom. The molecule has 1 aromatic heterocycles. The Hall–Kier alpha value is -0.700. The van der Waals surface area contributed by atoms with Crippen molar-refractivity contribution in [3.05, 3.63) is 11.1 Å². The van der Waals surface area contributed by atoms with E-state index in [0.717, 1.165) is 25.0 Å². The molecule has 18 heavy (non-hydrogen) atoms. The fraction of sp³-hybridized carbons (Fsp3) is 0.700. The van der Waals surface area contributed by atoms with Crippen LogP contribution >= 0.6 is 11.3 Å². The van der Waals surface area contributed by atoms with Crippen molar-refractivity contribution in [2.24, 2.45) is 5.73 Å². The molecule has 0 amide bonds. The van der Waals surface area contributed by atoms with Gasteiger partial charge in [-0.1, -0.05) is 6.42 Å². The second-order valence-electron chi connectivity index (χ2n) is 4.40. The molecular formula is C10H18N4O2S2. The summed E-state index contributed by atoms with van der Waals surface area (Å²) in [6, 6.07) is -0.0997. The lowest BCUT2D eigenvalue weighted by Crippen LogP contribution is -2.49. The Labute approximate surface area is 111 Å². The molecule has 0 bridgehead atoms. The second kappa shape index (κ2) is 5.52. The summed E-state index contributed by atoms with van der Waals surface area (Å²) in [5, 5.41) is 2.22. The van der Waals surface area contributed by atoms with Crippen molar-refractivity contribution < 1.29 is 8.42 Å². The summed E-state index contributed by atoms with van der Waals surface area (Å²) in [5.41, 5.74) is 6.45. The lowest BCUT2D eigenvalue weighted by atomic mass is 10.1. The fourth-order valence-electron chi connectivity index (χ4n) is 2.10. The van der Waals surface area contributed by atoms with Gasteiger partial charge in [-0.25, -0.2) is 9.71 Å². The van der Waals surface area contributed by atoms with Crippen LogP contribution in [0.15, 0.2) is 5.38 Å². The third kappa shape index (κ3) is 3.00. The number of hydrogen-bond donors (Lipinski definition) is 2. The van der Waals surface area contributed by atoms with Crippen LogP contribution in [-0.4, -0.2) is 36.8 Å². The molecule has 0 spiro atoms. The molecule has 102 valence electrons. The maximum Gasteiger partial charge on any atom is 0.303 e. The Bertz CT molecular complexity index is 500. The molecule has 1 fully saturated rings. The predicted molar refractivity (Wildman–Crippen MR) is 72.8 cm³/mol. The van der Waals surface area contributed by atoms with Crippen molar-refractivity contribution >= 4 is 26.7 Å². The van der Waals surface area contributed by atoms with E-state index in [4.69, 9.17) is 5.73 Å². The van der Waals surface area contributed by atoms with Gasteiger partial charge in [0.05, 0.1) is 5.69 Å². The molecule has 0 aromatic carbocycles. The molecule has 0 saturated carbocycles. The third-order valence-corrected chi connectivity index (χ3v) is 5.54. The third-order valence-electron chi connectivity index (χ3n) is 2.99. The number of rotatable bonds is 4. The van der Waals surface area contributed by atoms with Crippen molar-refractivity contribution in [2.45, 2.75) is 32.2 Å². The van der Waals surface area contributed by atoms with Crippen molar-refractivity contribution in [3.8, 4) is 0 Å². The van der Waals surface area contributed by atoms with Crippen LogP contribution in [-0.2, 0) is 10.2 Å². The van der Waals surface area contributed by atoms with Gasteiger partial charge in [0.25, 0.3) is 0 Å². The summed E-state index contributed by atoms with van der Waals surface area (Å²) in [4.78, 5) is 4.11. The molecular weight excluding hydrogens is 272 g/mol. The van der Waals surface area contributed by atoms with Crippen molar-refractivity contribution in [1.29, 1.82) is 0 Å². The maximum atomic E-state index is 12.3. The number of aryl methyl sites for hydroxylation is 1. The summed E-state index contributed by atoms with van der Waals surface area (Å²) in [5.74, 6) is 0. The number of aromatic nitrogens is 1. The zero-order valence-electron chi connectivity index (χ0n) is 10.3. The van der Waals surface area contributed by atoms with Gasteiger partial charge < -0.3 is 5.73 Å². The molecule has 8 heteroatoms. The minimum atomic E-state index is -3.53. The number of nitrogens with two attached hydrogens (primary N) is 1. The first-order valence-electron chi connectivity index (χ1n) is 5.94. The largest absolute Gasteiger partial charge is 0.329 e. The van der Waals surface area contributed by atoms with Crippen molar-refractivity contribution in [1.82, 2.24) is 9.29 Å². The van der Waals surface area contributed by atoms with Gasteiger partial charge in [-0.2, -0.15) is 12.7 Å². The number of anilines is 1. The Kier molecular flexibility index (Phi) is 4.21. The number of nitrogens with one attached hydrogen (secondary N) is 1. The standard InChI is InChI=1S/C10H18N4O2S2/c1-8-7-17-10(12-8)13-18(15,16)14-5-3-2-4-9(14)6-11/h7,9H,2-6,11H2,1H3,(H,12,13). The molecule has 0 aliphatic carbocycles. The first kappa shape index (κ1) is 13.7.